The second kappa shape index (κ2) is 12.0. The number of hydrogen-bond donors (Lipinski definition) is 2. The second-order valence-electron chi connectivity index (χ2n) is 8.64. The summed E-state index contributed by atoms with van der Waals surface area (Å²) >= 11 is 0. The SMILES string of the molecule is Cc1cccc(CNC(=O)CN(CC(=O)N2CCNCC2)c2ccccc2Oc2ccccc2)c1. The third kappa shape index (κ3) is 7.07. The van der Waals surface area contributed by atoms with Gasteiger partial charge >= 0.3 is 0 Å². The highest BCUT2D eigenvalue weighted by Crippen LogP contribution is 2.32. The number of hydrogen-bond acceptors (Lipinski definition) is 5. The van der Waals surface area contributed by atoms with Crippen molar-refractivity contribution in [2.75, 3.05) is 44.2 Å². The van der Waals surface area contributed by atoms with Crippen LogP contribution in [-0.2, 0) is 16.1 Å². The number of aryl methyl sites for hydroxylation is 1. The van der Waals surface area contributed by atoms with E-state index < -0.39 is 0 Å². The highest BCUT2D eigenvalue weighted by Gasteiger charge is 2.23. The van der Waals surface area contributed by atoms with E-state index in [4.69, 9.17) is 4.74 Å². The first kappa shape index (κ1) is 24.3. The van der Waals surface area contributed by atoms with E-state index in [1.54, 1.807) is 4.90 Å². The number of carbonyl (C=O) groups is 2. The van der Waals surface area contributed by atoms with Crippen molar-refractivity contribution < 1.29 is 14.3 Å². The third-order valence-electron chi connectivity index (χ3n) is 5.88. The Balaban J connectivity index is 1.52. The van der Waals surface area contributed by atoms with Crippen molar-refractivity contribution in [1.29, 1.82) is 0 Å². The van der Waals surface area contributed by atoms with E-state index in [9.17, 15) is 9.59 Å². The van der Waals surface area contributed by atoms with Gasteiger partial charge in [-0.05, 0) is 36.8 Å². The molecule has 2 N–H and O–H groups in total. The summed E-state index contributed by atoms with van der Waals surface area (Å²) < 4.78 is 6.13. The molecule has 0 bridgehead atoms. The number of anilines is 1. The Kier molecular flexibility index (Phi) is 8.35. The van der Waals surface area contributed by atoms with E-state index in [-0.39, 0.29) is 24.9 Å². The van der Waals surface area contributed by atoms with Crippen LogP contribution in [0, 0.1) is 6.92 Å². The van der Waals surface area contributed by atoms with Gasteiger partial charge in [0, 0.05) is 32.7 Å². The van der Waals surface area contributed by atoms with Gasteiger partial charge in [-0.15, -0.1) is 0 Å². The highest BCUT2D eigenvalue weighted by molar-refractivity contribution is 5.87. The molecule has 1 aliphatic heterocycles. The molecule has 0 aromatic heterocycles. The van der Waals surface area contributed by atoms with E-state index in [1.165, 1.54) is 0 Å². The fourth-order valence-corrected chi connectivity index (χ4v) is 4.08. The smallest absolute Gasteiger partial charge is 0.242 e. The van der Waals surface area contributed by atoms with Crippen molar-refractivity contribution in [3.63, 3.8) is 0 Å². The minimum atomic E-state index is -0.158. The van der Waals surface area contributed by atoms with Crippen LogP contribution in [0.5, 0.6) is 11.5 Å². The van der Waals surface area contributed by atoms with Crippen LogP contribution in [0.1, 0.15) is 11.1 Å². The lowest BCUT2D eigenvalue weighted by atomic mass is 10.1. The quantitative estimate of drug-likeness (QED) is 0.500. The van der Waals surface area contributed by atoms with Crippen LogP contribution in [0.4, 0.5) is 5.69 Å². The maximum absolute atomic E-state index is 13.1. The lowest BCUT2D eigenvalue weighted by Crippen LogP contribution is -2.50. The topological polar surface area (TPSA) is 73.9 Å². The van der Waals surface area contributed by atoms with Crippen molar-refractivity contribution in [2.45, 2.75) is 13.5 Å². The summed E-state index contributed by atoms with van der Waals surface area (Å²) in [6.45, 7) is 5.46. The zero-order chi connectivity index (χ0) is 24.5. The van der Waals surface area contributed by atoms with Crippen molar-refractivity contribution in [3.8, 4) is 11.5 Å². The molecule has 0 saturated carbocycles. The van der Waals surface area contributed by atoms with Gasteiger partial charge in [0.15, 0.2) is 5.75 Å². The Labute approximate surface area is 206 Å². The van der Waals surface area contributed by atoms with Crippen LogP contribution in [0.25, 0.3) is 0 Å². The number of carbonyl (C=O) groups excluding carboxylic acids is 2. The standard InChI is InChI=1S/C28H32N4O3/c1-22-8-7-9-23(18-22)19-30-27(33)20-32(21-28(34)31-16-14-29-15-17-31)25-12-5-6-13-26(25)35-24-10-3-2-4-11-24/h2-13,18,29H,14-17,19-21H2,1H3,(H,30,33). The summed E-state index contributed by atoms with van der Waals surface area (Å²) in [5.74, 6) is 1.12. The molecule has 1 fully saturated rings. The van der Waals surface area contributed by atoms with Gasteiger partial charge < -0.3 is 25.2 Å². The fourth-order valence-electron chi connectivity index (χ4n) is 4.08. The van der Waals surface area contributed by atoms with Gasteiger partial charge in [-0.3, -0.25) is 9.59 Å². The van der Waals surface area contributed by atoms with E-state index in [0.717, 1.165) is 24.2 Å². The number of ether oxygens (including phenoxy) is 1. The molecular weight excluding hydrogens is 440 g/mol. The number of rotatable bonds is 9. The fraction of sp³-hybridized carbons (Fsp3) is 0.286. The summed E-state index contributed by atoms with van der Waals surface area (Å²) in [6, 6.07) is 25.0. The Morgan fingerprint density at radius 3 is 2.46 bits per heavy atom. The minimum Gasteiger partial charge on any atom is -0.455 e. The van der Waals surface area contributed by atoms with Gasteiger partial charge in [0.1, 0.15) is 5.75 Å². The maximum atomic E-state index is 13.1. The molecule has 2 amide bonds. The first-order valence-electron chi connectivity index (χ1n) is 12.0. The van der Waals surface area contributed by atoms with E-state index in [0.29, 0.717) is 36.8 Å². The average molecular weight is 473 g/mol. The van der Waals surface area contributed by atoms with Crippen molar-refractivity contribution in [1.82, 2.24) is 15.5 Å². The molecule has 0 atom stereocenters. The molecule has 0 radical (unpaired) electrons. The number of piperazine rings is 1. The Morgan fingerprint density at radius 1 is 0.943 bits per heavy atom. The maximum Gasteiger partial charge on any atom is 0.242 e. The molecule has 1 heterocycles. The molecule has 4 rings (SSSR count). The largest absolute Gasteiger partial charge is 0.455 e. The zero-order valence-corrected chi connectivity index (χ0v) is 20.1. The predicted molar refractivity (Wildman–Crippen MR) is 138 cm³/mol. The Hall–Kier alpha value is -3.84. The summed E-state index contributed by atoms with van der Waals surface area (Å²) in [5.41, 5.74) is 2.88. The normalized spacial score (nSPS) is 13.2. The number of benzene rings is 3. The molecule has 0 unspecified atom stereocenters. The number of amides is 2. The molecule has 0 aliphatic carbocycles. The van der Waals surface area contributed by atoms with Gasteiger partial charge in [0.25, 0.3) is 0 Å². The molecule has 7 heteroatoms. The van der Waals surface area contributed by atoms with Crippen molar-refractivity contribution in [3.05, 3.63) is 90.0 Å². The molecule has 0 spiro atoms. The molecule has 3 aromatic rings. The third-order valence-corrected chi connectivity index (χ3v) is 5.88. The first-order chi connectivity index (χ1) is 17.1. The summed E-state index contributed by atoms with van der Waals surface area (Å²) in [7, 11) is 0. The molecule has 3 aromatic carbocycles. The lowest BCUT2D eigenvalue weighted by Gasteiger charge is -2.31. The monoisotopic (exact) mass is 472 g/mol. The lowest BCUT2D eigenvalue weighted by molar-refractivity contribution is -0.130. The Bertz CT molecular complexity index is 1130. The van der Waals surface area contributed by atoms with Gasteiger partial charge in [0.05, 0.1) is 18.8 Å². The van der Waals surface area contributed by atoms with E-state index in [1.807, 2.05) is 84.6 Å². The summed E-state index contributed by atoms with van der Waals surface area (Å²) in [6.07, 6.45) is 0. The average Bonchev–Trinajstić information content (AvgIpc) is 2.88. The van der Waals surface area contributed by atoms with Crippen LogP contribution < -0.4 is 20.3 Å². The van der Waals surface area contributed by atoms with Crippen LogP contribution >= 0.6 is 0 Å². The van der Waals surface area contributed by atoms with Gasteiger partial charge in [-0.2, -0.15) is 0 Å². The molecule has 1 saturated heterocycles. The Morgan fingerprint density at radius 2 is 1.69 bits per heavy atom. The van der Waals surface area contributed by atoms with Crippen molar-refractivity contribution in [2.24, 2.45) is 0 Å². The number of para-hydroxylation sites is 3. The number of nitrogens with one attached hydrogen (secondary N) is 2. The first-order valence-corrected chi connectivity index (χ1v) is 12.0. The van der Waals surface area contributed by atoms with Crippen molar-refractivity contribution >= 4 is 17.5 Å². The van der Waals surface area contributed by atoms with E-state index >= 15 is 0 Å². The van der Waals surface area contributed by atoms with E-state index in [2.05, 4.69) is 16.7 Å². The van der Waals surface area contributed by atoms with Gasteiger partial charge in [0.2, 0.25) is 11.8 Å². The summed E-state index contributed by atoms with van der Waals surface area (Å²) in [4.78, 5) is 29.8. The minimum absolute atomic E-state index is 0.00695. The van der Waals surface area contributed by atoms with Crippen LogP contribution in [0.3, 0.4) is 0 Å². The van der Waals surface area contributed by atoms with Gasteiger partial charge in [-0.1, -0.05) is 60.2 Å². The molecule has 35 heavy (non-hydrogen) atoms. The summed E-state index contributed by atoms with van der Waals surface area (Å²) in [5, 5.41) is 6.26. The number of nitrogens with zero attached hydrogens (tertiary/aromatic N) is 2. The molecule has 1 aliphatic rings. The highest BCUT2D eigenvalue weighted by atomic mass is 16.5. The zero-order valence-electron chi connectivity index (χ0n) is 20.1. The predicted octanol–water partition coefficient (Wildman–Crippen LogP) is 3.34. The van der Waals surface area contributed by atoms with Crippen LogP contribution in [0.15, 0.2) is 78.9 Å². The van der Waals surface area contributed by atoms with Crippen LogP contribution in [0.2, 0.25) is 0 Å². The molecule has 182 valence electrons. The van der Waals surface area contributed by atoms with Crippen LogP contribution in [-0.4, -0.2) is 56.0 Å². The molecule has 7 nitrogen and oxygen atoms in total. The molecular formula is C28H32N4O3. The second-order valence-corrected chi connectivity index (χ2v) is 8.64. The van der Waals surface area contributed by atoms with Gasteiger partial charge in [-0.25, -0.2) is 0 Å².